The number of ether oxygens (including phenoxy) is 1. The van der Waals surface area contributed by atoms with Crippen molar-refractivity contribution < 1.29 is 9.53 Å². The molecule has 1 atom stereocenters. The second kappa shape index (κ2) is 6.49. The number of likely N-dealkylation sites (N-methyl/N-ethyl adjacent to an activating group) is 1. The van der Waals surface area contributed by atoms with Crippen LogP contribution in [0.15, 0.2) is 18.7 Å². The first-order chi connectivity index (χ1) is 10.2. The lowest BCUT2D eigenvalue weighted by atomic mass is 10.2. The van der Waals surface area contributed by atoms with Gasteiger partial charge in [0.1, 0.15) is 6.33 Å². The lowest BCUT2D eigenvalue weighted by Crippen LogP contribution is -2.49. The average Bonchev–Trinajstić information content (AvgIpc) is 3.31. The van der Waals surface area contributed by atoms with E-state index < -0.39 is 0 Å². The molecule has 0 radical (unpaired) electrons. The van der Waals surface area contributed by atoms with E-state index in [9.17, 15) is 4.79 Å². The maximum absolute atomic E-state index is 12.4. The number of rotatable bonds is 5. The second-order valence-electron chi connectivity index (χ2n) is 6.04. The minimum atomic E-state index is -0.00579. The van der Waals surface area contributed by atoms with E-state index >= 15 is 0 Å². The van der Waals surface area contributed by atoms with Crippen molar-refractivity contribution in [2.24, 2.45) is 5.92 Å². The zero-order valence-corrected chi connectivity index (χ0v) is 12.4. The van der Waals surface area contributed by atoms with Gasteiger partial charge in [-0.2, -0.15) is 0 Å². The summed E-state index contributed by atoms with van der Waals surface area (Å²) in [4.78, 5) is 24.4. The van der Waals surface area contributed by atoms with Gasteiger partial charge in [0, 0.05) is 38.6 Å². The zero-order chi connectivity index (χ0) is 14.7. The van der Waals surface area contributed by atoms with Gasteiger partial charge in [-0.15, -0.1) is 0 Å². The summed E-state index contributed by atoms with van der Waals surface area (Å²) in [5.74, 6) is 0.867. The molecule has 6 heteroatoms. The van der Waals surface area contributed by atoms with Crippen LogP contribution in [0.1, 0.15) is 23.2 Å². The summed E-state index contributed by atoms with van der Waals surface area (Å²) >= 11 is 0. The zero-order valence-electron chi connectivity index (χ0n) is 12.4. The largest absolute Gasteiger partial charge is 0.373 e. The van der Waals surface area contributed by atoms with Crippen LogP contribution < -0.4 is 0 Å². The molecule has 1 aliphatic carbocycles. The van der Waals surface area contributed by atoms with Crippen LogP contribution in [0.4, 0.5) is 0 Å². The topological polar surface area (TPSA) is 58.6 Å². The van der Waals surface area contributed by atoms with E-state index in [0.29, 0.717) is 25.3 Å². The van der Waals surface area contributed by atoms with Gasteiger partial charge in [-0.1, -0.05) is 0 Å². The molecule has 1 saturated heterocycles. The van der Waals surface area contributed by atoms with E-state index in [2.05, 4.69) is 21.9 Å². The number of morpholine rings is 1. The second-order valence-corrected chi connectivity index (χ2v) is 6.04. The minimum Gasteiger partial charge on any atom is -0.373 e. The van der Waals surface area contributed by atoms with Crippen LogP contribution in [0, 0.1) is 5.92 Å². The van der Waals surface area contributed by atoms with Crippen LogP contribution in [0.25, 0.3) is 0 Å². The highest BCUT2D eigenvalue weighted by Gasteiger charge is 2.28. The molecule has 114 valence electrons. The third kappa shape index (κ3) is 3.98. The van der Waals surface area contributed by atoms with Gasteiger partial charge in [-0.25, -0.2) is 9.97 Å². The first-order valence-electron chi connectivity index (χ1n) is 7.57. The predicted molar refractivity (Wildman–Crippen MR) is 77.9 cm³/mol. The Morgan fingerprint density at radius 1 is 1.38 bits per heavy atom. The number of carbonyl (C=O) groups excluding carboxylic acids is 1. The molecule has 0 spiro atoms. The molecule has 0 N–H and O–H groups in total. The van der Waals surface area contributed by atoms with Crippen molar-refractivity contribution in [2.75, 3.05) is 39.8 Å². The first kappa shape index (κ1) is 14.4. The van der Waals surface area contributed by atoms with Crippen molar-refractivity contribution in [1.82, 2.24) is 19.8 Å². The van der Waals surface area contributed by atoms with Crippen molar-refractivity contribution in [3.8, 4) is 0 Å². The van der Waals surface area contributed by atoms with E-state index in [1.54, 1.807) is 12.4 Å². The highest BCUT2D eigenvalue weighted by Crippen LogP contribution is 2.29. The number of hydrogen-bond acceptors (Lipinski definition) is 5. The summed E-state index contributed by atoms with van der Waals surface area (Å²) < 4.78 is 5.80. The maximum Gasteiger partial charge on any atom is 0.257 e. The van der Waals surface area contributed by atoms with Gasteiger partial charge in [-0.3, -0.25) is 4.79 Å². The van der Waals surface area contributed by atoms with Gasteiger partial charge in [0.2, 0.25) is 0 Å². The molecule has 1 saturated carbocycles. The van der Waals surface area contributed by atoms with E-state index in [-0.39, 0.29) is 12.0 Å². The lowest BCUT2D eigenvalue weighted by molar-refractivity contribution is -0.0334. The van der Waals surface area contributed by atoms with Gasteiger partial charge in [0.25, 0.3) is 5.91 Å². The molecule has 1 amide bonds. The van der Waals surface area contributed by atoms with Gasteiger partial charge >= 0.3 is 0 Å². The van der Waals surface area contributed by atoms with Crippen LogP contribution >= 0.6 is 0 Å². The van der Waals surface area contributed by atoms with E-state index in [0.717, 1.165) is 19.0 Å². The Labute approximate surface area is 125 Å². The average molecular weight is 290 g/mol. The summed E-state index contributed by atoms with van der Waals surface area (Å²) in [6.45, 7) is 3.90. The fourth-order valence-electron chi connectivity index (χ4n) is 2.77. The summed E-state index contributed by atoms with van der Waals surface area (Å²) in [5, 5.41) is 0. The van der Waals surface area contributed by atoms with Crippen LogP contribution in [0.2, 0.25) is 0 Å². The molecule has 0 unspecified atom stereocenters. The molecule has 2 heterocycles. The minimum absolute atomic E-state index is 0.00579. The molecule has 0 aromatic carbocycles. The van der Waals surface area contributed by atoms with Gasteiger partial charge in [-0.05, 0) is 25.8 Å². The van der Waals surface area contributed by atoms with Crippen molar-refractivity contribution >= 4 is 5.91 Å². The first-order valence-corrected chi connectivity index (χ1v) is 7.57. The summed E-state index contributed by atoms with van der Waals surface area (Å²) in [6.07, 6.45) is 7.38. The standard InChI is InChI=1S/C15H22N4O2/c1-18(8-12-2-3-12)9-14-10-19(4-5-21-14)15(20)13-6-16-11-17-7-13/h6-7,11-12,14H,2-5,8-10H2,1H3/t14-/m1/s1. The fourth-order valence-corrected chi connectivity index (χ4v) is 2.77. The highest BCUT2D eigenvalue weighted by atomic mass is 16.5. The van der Waals surface area contributed by atoms with E-state index in [4.69, 9.17) is 4.74 Å². The number of nitrogens with zero attached hydrogens (tertiary/aromatic N) is 4. The van der Waals surface area contributed by atoms with Gasteiger partial charge in [0.05, 0.1) is 18.3 Å². The SMILES string of the molecule is CN(CC1CC1)C[C@@H]1CN(C(=O)c2cncnc2)CCO1. The number of carbonyl (C=O) groups is 1. The molecule has 21 heavy (non-hydrogen) atoms. The van der Waals surface area contributed by atoms with Crippen molar-refractivity contribution in [3.05, 3.63) is 24.3 Å². The Bertz CT molecular complexity index is 478. The van der Waals surface area contributed by atoms with E-state index in [1.807, 2.05) is 4.90 Å². The normalized spacial score (nSPS) is 22.6. The van der Waals surface area contributed by atoms with Crippen molar-refractivity contribution in [2.45, 2.75) is 18.9 Å². The summed E-state index contributed by atoms with van der Waals surface area (Å²) in [6, 6.07) is 0. The number of aromatic nitrogens is 2. The molecule has 1 aliphatic heterocycles. The fraction of sp³-hybridized carbons (Fsp3) is 0.667. The monoisotopic (exact) mass is 290 g/mol. The molecule has 0 bridgehead atoms. The van der Waals surface area contributed by atoms with Crippen LogP contribution in [-0.2, 0) is 4.74 Å². The Morgan fingerprint density at radius 3 is 2.86 bits per heavy atom. The molecule has 1 aromatic rings. The van der Waals surface area contributed by atoms with Crippen LogP contribution in [-0.4, -0.2) is 71.6 Å². The predicted octanol–water partition coefficient (Wildman–Crippen LogP) is 0.659. The molecule has 1 aromatic heterocycles. The molecular weight excluding hydrogens is 268 g/mol. The molecule has 2 fully saturated rings. The Hall–Kier alpha value is -1.53. The number of hydrogen-bond donors (Lipinski definition) is 0. The molecule has 6 nitrogen and oxygen atoms in total. The van der Waals surface area contributed by atoms with Crippen LogP contribution in [0.3, 0.4) is 0 Å². The Balaban J connectivity index is 1.53. The van der Waals surface area contributed by atoms with E-state index in [1.165, 1.54) is 19.2 Å². The van der Waals surface area contributed by atoms with Gasteiger partial charge < -0.3 is 14.5 Å². The third-order valence-corrected chi connectivity index (χ3v) is 4.02. The Kier molecular flexibility index (Phi) is 4.45. The van der Waals surface area contributed by atoms with Gasteiger partial charge in [0.15, 0.2) is 0 Å². The molecular formula is C15H22N4O2. The summed E-state index contributed by atoms with van der Waals surface area (Å²) in [5.41, 5.74) is 0.546. The molecule has 3 rings (SSSR count). The quantitative estimate of drug-likeness (QED) is 0.797. The third-order valence-electron chi connectivity index (χ3n) is 4.02. The van der Waals surface area contributed by atoms with Crippen LogP contribution in [0.5, 0.6) is 0 Å². The number of amides is 1. The summed E-state index contributed by atoms with van der Waals surface area (Å²) in [7, 11) is 2.13. The lowest BCUT2D eigenvalue weighted by Gasteiger charge is -2.34. The smallest absolute Gasteiger partial charge is 0.257 e. The van der Waals surface area contributed by atoms with Crippen molar-refractivity contribution in [1.29, 1.82) is 0 Å². The Morgan fingerprint density at radius 2 is 2.14 bits per heavy atom. The molecule has 2 aliphatic rings. The maximum atomic E-state index is 12.4. The highest BCUT2D eigenvalue weighted by molar-refractivity contribution is 5.93. The van der Waals surface area contributed by atoms with Crippen molar-refractivity contribution in [3.63, 3.8) is 0 Å².